The molecule has 4 heteroatoms. The average Bonchev–Trinajstić information content (AvgIpc) is 2.95. The second kappa shape index (κ2) is 3.77. The highest BCUT2D eigenvalue weighted by atomic mass is 14.9. The van der Waals surface area contributed by atoms with Crippen LogP contribution in [0.25, 0.3) is 0 Å². The largest absolute Gasteiger partial charge is 0.383 e. The summed E-state index contributed by atoms with van der Waals surface area (Å²) in [6.45, 7) is 2.02. The van der Waals surface area contributed by atoms with Crippen LogP contribution in [0.1, 0.15) is 37.6 Å². The van der Waals surface area contributed by atoms with E-state index in [1.807, 2.05) is 13.1 Å². The molecule has 4 N–H and O–H groups in total. The van der Waals surface area contributed by atoms with Crippen LogP contribution >= 0.6 is 0 Å². The van der Waals surface area contributed by atoms with Gasteiger partial charge in [-0.1, -0.05) is 6.92 Å². The molecule has 0 spiro atoms. The molecule has 1 aromatic rings. The predicted octanol–water partition coefficient (Wildman–Crippen LogP) is 1.05. The molecular weight excluding hydrogens is 188 g/mol. The van der Waals surface area contributed by atoms with Gasteiger partial charge in [0.2, 0.25) is 0 Å². The van der Waals surface area contributed by atoms with E-state index in [1.165, 1.54) is 0 Å². The zero-order valence-corrected chi connectivity index (χ0v) is 9.16. The Balaban J connectivity index is 2.01. The van der Waals surface area contributed by atoms with Gasteiger partial charge < -0.3 is 11.5 Å². The van der Waals surface area contributed by atoms with E-state index >= 15 is 0 Å². The Labute approximate surface area is 90.1 Å². The van der Waals surface area contributed by atoms with Crippen molar-refractivity contribution in [2.24, 2.45) is 5.73 Å². The van der Waals surface area contributed by atoms with Gasteiger partial charge in [0.05, 0.1) is 0 Å². The van der Waals surface area contributed by atoms with Gasteiger partial charge in [0, 0.05) is 23.7 Å². The van der Waals surface area contributed by atoms with E-state index in [2.05, 4.69) is 9.97 Å². The van der Waals surface area contributed by atoms with Gasteiger partial charge >= 0.3 is 0 Å². The van der Waals surface area contributed by atoms with Crippen LogP contribution in [0.3, 0.4) is 0 Å². The summed E-state index contributed by atoms with van der Waals surface area (Å²) in [5.74, 6) is 1.43. The molecule has 1 aromatic heterocycles. The first-order chi connectivity index (χ1) is 7.13. The molecule has 1 aliphatic carbocycles. The van der Waals surface area contributed by atoms with Gasteiger partial charge in [-0.05, 0) is 25.7 Å². The standard InChI is InChI=1S/C11H18N4/c1-2-9-14-7-8(10(12)15-9)3-4-11(13)5-6-11/h7H,2-6,13H2,1H3,(H2,12,14,15). The average molecular weight is 206 g/mol. The lowest BCUT2D eigenvalue weighted by atomic mass is 10.1. The Hall–Kier alpha value is -1.16. The van der Waals surface area contributed by atoms with Gasteiger partial charge in [-0.25, -0.2) is 9.97 Å². The van der Waals surface area contributed by atoms with E-state index < -0.39 is 0 Å². The van der Waals surface area contributed by atoms with Gasteiger partial charge in [-0.15, -0.1) is 0 Å². The third-order valence-corrected chi connectivity index (χ3v) is 3.05. The maximum absolute atomic E-state index is 6.02. The number of anilines is 1. The molecule has 0 aliphatic heterocycles. The van der Waals surface area contributed by atoms with Crippen molar-refractivity contribution in [3.8, 4) is 0 Å². The fourth-order valence-corrected chi connectivity index (χ4v) is 1.62. The van der Waals surface area contributed by atoms with Crippen LogP contribution in [0.5, 0.6) is 0 Å². The van der Waals surface area contributed by atoms with Gasteiger partial charge in [-0.2, -0.15) is 0 Å². The molecule has 15 heavy (non-hydrogen) atoms. The van der Waals surface area contributed by atoms with Crippen molar-refractivity contribution in [1.82, 2.24) is 9.97 Å². The maximum atomic E-state index is 6.02. The number of nitrogens with two attached hydrogens (primary N) is 2. The van der Waals surface area contributed by atoms with Gasteiger partial charge in [0.1, 0.15) is 11.6 Å². The smallest absolute Gasteiger partial charge is 0.130 e. The molecule has 1 aliphatic rings. The van der Waals surface area contributed by atoms with Crippen LogP contribution in [0.4, 0.5) is 5.82 Å². The van der Waals surface area contributed by atoms with E-state index in [1.54, 1.807) is 0 Å². The molecule has 0 saturated heterocycles. The summed E-state index contributed by atoms with van der Waals surface area (Å²) < 4.78 is 0. The SMILES string of the molecule is CCc1ncc(CCC2(N)CC2)c(N)n1. The number of rotatable bonds is 4. The van der Waals surface area contributed by atoms with E-state index in [4.69, 9.17) is 11.5 Å². The van der Waals surface area contributed by atoms with Crippen molar-refractivity contribution in [2.45, 2.75) is 44.6 Å². The first-order valence-electron chi connectivity index (χ1n) is 5.52. The minimum Gasteiger partial charge on any atom is -0.383 e. The number of nitrogens with zero attached hydrogens (tertiary/aromatic N) is 2. The molecule has 1 saturated carbocycles. The predicted molar refractivity (Wildman–Crippen MR) is 60.3 cm³/mol. The molecule has 4 nitrogen and oxygen atoms in total. The van der Waals surface area contributed by atoms with E-state index in [9.17, 15) is 0 Å². The summed E-state index contributed by atoms with van der Waals surface area (Å²) in [6.07, 6.45) is 6.83. The summed E-state index contributed by atoms with van der Waals surface area (Å²) >= 11 is 0. The van der Waals surface area contributed by atoms with Crippen molar-refractivity contribution in [3.05, 3.63) is 17.6 Å². The topological polar surface area (TPSA) is 77.8 Å². The molecule has 2 rings (SSSR count). The van der Waals surface area contributed by atoms with Crippen LogP contribution in [-0.2, 0) is 12.8 Å². The van der Waals surface area contributed by atoms with Crippen molar-refractivity contribution >= 4 is 5.82 Å². The Bertz CT molecular complexity index is 358. The number of hydrogen-bond donors (Lipinski definition) is 2. The van der Waals surface area contributed by atoms with E-state index in [0.29, 0.717) is 5.82 Å². The highest BCUT2D eigenvalue weighted by molar-refractivity contribution is 5.37. The van der Waals surface area contributed by atoms with Crippen LogP contribution < -0.4 is 11.5 Å². The maximum Gasteiger partial charge on any atom is 0.130 e. The molecule has 0 aromatic carbocycles. The van der Waals surface area contributed by atoms with Gasteiger partial charge in [0.25, 0.3) is 0 Å². The van der Waals surface area contributed by atoms with Gasteiger partial charge in [-0.3, -0.25) is 0 Å². The summed E-state index contributed by atoms with van der Waals surface area (Å²) in [6, 6.07) is 0. The first-order valence-corrected chi connectivity index (χ1v) is 5.52. The summed E-state index contributed by atoms with van der Waals surface area (Å²) in [5.41, 5.74) is 13.0. The quantitative estimate of drug-likeness (QED) is 0.771. The van der Waals surface area contributed by atoms with Crippen LogP contribution in [-0.4, -0.2) is 15.5 Å². The third kappa shape index (κ3) is 2.45. The molecule has 0 bridgehead atoms. The molecule has 82 valence electrons. The first kappa shape index (κ1) is 10.4. The van der Waals surface area contributed by atoms with Crippen molar-refractivity contribution in [3.63, 3.8) is 0 Å². The number of aromatic nitrogens is 2. The molecule has 0 radical (unpaired) electrons. The lowest BCUT2D eigenvalue weighted by molar-refractivity contribution is 0.608. The summed E-state index contributed by atoms with van der Waals surface area (Å²) in [5, 5.41) is 0. The minimum absolute atomic E-state index is 0.0792. The Kier molecular flexibility index (Phi) is 2.61. The number of hydrogen-bond acceptors (Lipinski definition) is 4. The van der Waals surface area contributed by atoms with Gasteiger partial charge in [0.15, 0.2) is 0 Å². The van der Waals surface area contributed by atoms with Crippen LogP contribution in [0.15, 0.2) is 6.20 Å². The van der Waals surface area contributed by atoms with Crippen molar-refractivity contribution < 1.29 is 0 Å². The Morgan fingerprint density at radius 3 is 2.73 bits per heavy atom. The van der Waals surface area contributed by atoms with E-state index in [-0.39, 0.29) is 5.54 Å². The molecule has 1 heterocycles. The fourth-order valence-electron chi connectivity index (χ4n) is 1.62. The summed E-state index contributed by atoms with van der Waals surface area (Å²) in [7, 11) is 0. The van der Waals surface area contributed by atoms with Crippen molar-refractivity contribution in [1.29, 1.82) is 0 Å². The second-order valence-electron chi connectivity index (χ2n) is 4.41. The Morgan fingerprint density at radius 1 is 1.47 bits per heavy atom. The zero-order valence-electron chi connectivity index (χ0n) is 9.16. The monoisotopic (exact) mass is 206 g/mol. The van der Waals surface area contributed by atoms with Crippen LogP contribution in [0, 0.1) is 0 Å². The molecule has 1 fully saturated rings. The lowest BCUT2D eigenvalue weighted by Gasteiger charge is -2.09. The minimum atomic E-state index is 0.0792. The molecular formula is C11H18N4. The molecule has 0 amide bonds. The normalized spacial score (nSPS) is 17.7. The molecule has 0 unspecified atom stereocenters. The number of aryl methyl sites for hydroxylation is 2. The fraction of sp³-hybridized carbons (Fsp3) is 0.636. The van der Waals surface area contributed by atoms with Crippen LogP contribution in [0.2, 0.25) is 0 Å². The number of nitrogen functional groups attached to an aromatic ring is 1. The second-order valence-corrected chi connectivity index (χ2v) is 4.41. The zero-order chi connectivity index (χ0) is 10.9. The summed E-state index contributed by atoms with van der Waals surface area (Å²) in [4.78, 5) is 8.49. The Morgan fingerprint density at radius 2 is 2.20 bits per heavy atom. The third-order valence-electron chi connectivity index (χ3n) is 3.05. The highest BCUT2D eigenvalue weighted by Crippen LogP contribution is 2.36. The lowest BCUT2D eigenvalue weighted by Crippen LogP contribution is -2.22. The molecule has 0 atom stereocenters. The van der Waals surface area contributed by atoms with E-state index in [0.717, 1.165) is 43.5 Å². The van der Waals surface area contributed by atoms with Crippen molar-refractivity contribution in [2.75, 3.05) is 5.73 Å². The highest BCUT2D eigenvalue weighted by Gasteiger charge is 2.37.